The second-order valence-electron chi connectivity index (χ2n) is 6.67. The lowest BCUT2D eigenvalue weighted by atomic mass is 9.81. The molecule has 1 aromatic rings. The van der Waals surface area contributed by atoms with Crippen molar-refractivity contribution < 1.29 is 22.5 Å². The van der Waals surface area contributed by atoms with Gasteiger partial charge < -0.3 is 9.64 Å². The van der Waals surface area contributed by atoms with Crippen LogP contribution in [0.5, 0.6) is 0 Å². The topological polar surface area (TPSA) is 83.9 Å². The molecule has 0 radical (unpaired) electrons. The number of carbonyl (C=O) groups excluding carboxylic acids is 1. The lowest BCUT2D eigenvalue weighted by molar-refractivity contribution is 0.0270. The van der Waals surface area contributed by atoms with Gasteiger partial charge in [0.1, 0.15) is 0 Å². The second kappa shape index (κ2) is 5.89. The van der Waals surface area contributed by atoms with Crippen LogP contribution in [0.25, 0.3) is 0 Å². The highest BCUT2D eigenvalue weighted by molar-refractivity contribution is 7.85. The van der Waals surface area contributed by atoms with Crippen LogP contribution in [0.15, 0.2) is 23.1 Å². The summed E-state index contributed by atoms with van der Waals surface area (Å²) in [5.74, 6) is -0.0844. The summed E-state index contributed by atoms with van der Waals surface area (Å²) >= 11 is 0. The molecular weight excluding hydrogens is 318 g/mol. The van der Waals surface area contributed by atoms with E-state index in [9.17, 15) is 17.8 Å². The highest BCUT2D eigenvalue weighted by atomic mass is 32.2. The highest BCUT2D eigenvalue weighted by Crippen LogP contribution is 2.36. The number of fused-ring (bicyclic) bond motifs is 1. The van der Waals surface area contributed by atoms with Crippen LogP contribution in [0.4, 0.5) is 5.69 Å². The Balaban J connectivity index is 1.92. The monoisotopic (exact) mass is 339 g/mol. The molecule has 0 aromatic heterocycles. The molecule has 7 heteroatoms. The van der Waals surface area contributed by atoms with Gasteiger partial charge in [-0.1, -0.05) is 6.92 Å². The predicted octanol–water partition coefficient (Wildman–Crippen LogP) is 2.14. The summed E-state index contributed by atoms with van der Waals surface area (Å²) in [5.41, 5.74) is 1.25. The zero-order valence-corrected chi connectivity index (χ0v) is 13.9. The number of ketones is 1. The van der Waals surface area contributed by atoms with Crippen molar-refractivity contribution in [3.8, 4) is 0 Å². The molecular formula is C16H21NO5S. The Morgan fingerprint density at radius 1 is 1.30 bits per heavy atom. The molecule has 0 unspecified atom stereocenters. The largest absolute Gasteiger partial charge is 0.381 e. The van der Waals surface area contributed by atoms with Crippen molar-refractivity contribution in [1.82, 2.24) is 0 Å². The highest BCUT2D eigenvalue weighted by Gasteiger charge is 2.33. The van der Waals surface area contributed by atoms with E-state index in [4.69, 9.17) is 4.74 Å². The summed E-state index contributed by atoms with van der Waals surface area (Å²) in [4.78, 5) is 14.1. The van der Waals surface area contributed by atoms with Crippen molar-refractivity contribution in [2.45, 2.75) is 31.1 Å². The molecule has 0 atom stereocenters. The van der Waals surface area contributed by atoms with Gasteiger partial charge in [0.25, 0.3) is 10.1 Å². The van der Waals surface area contributed by atoms with E-state index in [0.29, 0.717) is 18.5 Å². The Morgan fingerprint density at radius 2 is 2.00 bits per heavy atom. The first-order valence-corrected chi connectivity index (χ1v) is 9.20. The van der Waals surface area contributed by atoms with Crippen molar-refractivity contribution in [3.05, 3.63) is 23.8 Å². The number of Topliss-reactive ketones (excluding diaryl/α,β-unsaturated/α-hetero) is 1. The molecule has 0 amide bonds. The van der Waals surface area contributed by atoms with Gasteiger partial charge in [-0.3, -0.25) is 9.35 Å². The van der Waals surface area contributed by atoms with Crippen molar-refractivity contribution in [2.75, 3.05) is 31.2 Å². The van der Waals surface area contributed by atoms with Gasteiger partial charge >= 0.3 is 0 Å². The Hall–Kier alpha value is -1.44. The Morgan fingerprint density at radius 3 is 2.65 bits per heavy atom. The lowest BCUT2D eigenvalue weighted by Crippen LogP contribution is -2.42. The van der Waals surface area contributed by atoms with Crippen molar-refractivity contribution >= 4 is 21.6 Å². The third-order valence-electron chi connectivity index (χ3n) is 4.79. The normalized spacial score (nSPS) is 21.1. The van der Waals surface area contributed by atoms with Crippen LogP contribution in [0.3, 0.4) is 0 Å². The Bertz CT molecular complexity index is 722. The molecule has 2 aliphatic heterocycles. The average molecular weight is 339 g/mol. The molecule has 3 rings (SSSR count). The van der Waals surface area contributed by atoms with Gasteiger partial charge in [0, 0.05) is 44.0 Å². The van der Waals surface area contributed by atoms with Crippen LogP contribution in [-0.4, -0.2) is 45.1 Å². The molecule has 0 saturated carbocycles. The number of hydrogen-bond donors (Lipinski definition) is 1. The molecule has 0 aliphatic carbocycles. The summed E-state index contributed by atoms with van der Waals surface area (Å²) in [6, 6.07) is 4.26. The quantitative estimate of drug-likeness (QED) is 0.850. The number of nitrogens with zero attached hydrogens (tertiary/aromatic N) is 1. The van der Waals surface area contributed by atoms with Crippen molar-refractivity contribution in [2.24, 2.45) is 5.41 Å². The van der Waals surface area contributed by atoms with E-state index in [1.165, 1.54) is 12.1 Å². The summed E-state index contributed by atoms with van der Waals surface area (Å²) in [5, 5.41) is 0. The first-order chi connectivity index (χ1) is 10.8. The number of benzene rings is 1. The van der Waals surface area contributed by atoms with Crippen LogP contribution in [0.1, 0.15) is 36.5 Å². The van der Waals surface area contributed by atoms with Gasteiger partial charge in [-0.2, -0.15) is 8.42 Å². The van der Waals surface area contributed by atoms with Gasteiger partial charge in [-0.05, 0) is 36.5 Å². The predicted molar refractivity (Wildman–Crippen MR) is 85.6 cm³/mol. The van der Waals surface area contributed by atoms with Crippen molar-refractivity contribution in [3.63, 3.8) is 0 Å². The zero-order valence-electron chi connectivity index (χ0n) is 13.1. The molecule has 1 N–H and O–H groups in total. The summed E-state index contributed by atoms with van der Waals surface area (Å²) in [6.45, 7) is 5.16. The smallest absolute Gasteiger partial charge is 0.294 e. The van der Waals surface area contributed by atoms with Crippen LogP contribution >= 0.6 is 0 Å². The van der Waals surface area contributed by atoms with Crippen LogP contribution in [0.2, 0.25) is 0 Å². The molecule has 0 bridgehead atoms. The zero-order chi connectivity index (χ0) is 16.7. The second-order valence-corrected chi connectivity index (χ2v) is 8.09. The average Bonchev–Trinajstić information content (AvgIpc) is 2.49. The first-order valence-electron chi connectivity index (χ1n) is 7.76. The van der Waals surface area contributed by atoms with Gasteiger partial charge in [0.15, 0.2) is 5.78 Å². The third kappa shape index (κ3) is 3.41. The minimum atomic E-state index is -4.30. The van der Waals surface area contributed by atoms with E-state index < -0.39 is 10.1 Å². The maximum atomic E-state index is 12.2. The van der Waals surface area contributed by atoms with E-state index in [1.807, 2.05) is 0 Å². The lowest BCUT2D eigenvalue weighted by Gasteiger charge is -2.41. The molecule has 2 aliphatic rings. The molecule has 1 saturated heterocycles. The maximum Gasteiger partial charge on any atom is 0.294 e. The molecule has 126 valence electrons. The summed E-state index contributed by atoms with van der Waals surface area (Å²) in [6.07, 6.45) is 2.29. The van der Waals surface area contributed by atoms with Crippen LogP contribution < -0.4 is 4.90 Å². The Labute approximate surface area is 136 Å². The van der Waals surface area contributed by atoms with E-state index in [0.717, 1.165) is 38.3 Å². The number of anilines is 1. The van der Waals surface area contributed by atoms with E-state index in [2.05, 4.69) is 11.8 Å². The van der Waals surface area contributed by atoms with E-state index >= 15 is 0 Å². The Kier molecular flexibility index (Phi) is 4.20. The number of carbonyl (C=O) groups is 1. The first kappa shape index (κ1) is 16.4. The van der Waals surface area contributed by atoms with Crippen molar-refractivity contribution in [1.29, 1.82) is 0 Å². The summed E-state index contributed by atoms with van der Waals surface area (Å²) < 4.78 is 37.2. The minimum Gasteiger partial charge on any atom is -0.381 e. The standard InChI is InChI=1S/C16H21NO5S/c1-16(5-8-22-9-6-16)11-17-7-4-15(18)13-10-12(23(19,20)21)2-3-14(13)17/h2-3,10H,4-9,11H2,1H3,(H,19,20,21). The van der Waals surface area contributed by atoms with Gasteiger partial charge in [0.2, 0.25) is 0 Å². The van der Waals surface area contributed by atoms with Gasteiger partial charge in [-0.25, -0.2) is 0 Å². The SMILES string of the molecule is CC1(CN2CCC(=O)c3cc(S(=O)(=O)O)ccc32)CCOCC1. The molecule has 0 spiro atoms. The fourth-order valence-electron chi connectivity index (χ4n) is 3.31. The number of hydrogen-bond acceptors (Lipinski definition) is 5. The molecule has 1 fully saturated rings. The molecule has 1 aromatic carbocycles. The molecule has 2 heterocycles. The third-order valence-corrected chi connectivity index (χ3v) is 5.64. The maximum absolute atomic E-state index is 12.2. The van der Waals surface area contributed by atoms with Crippen LogP contribution in [0, 0.1) is 5.41 Å². The van der Waals surface area contributed by atoms with E-state index in [-0.39, 0.29) is 16.1 Å². The molecule has 23 heavy (non-hydrogen) atoms. The van der Waals surface area contributed by atoms with E-state index in [1.54, 1.807) is 6.07 Å². The van der Waals surface area contributed by atoms with Crippen LogP contribution in [-0.2, 0) is 14.9 Å². The molecule has 6 nitrogen and oxygen atoms in total. The fourth-order valence-corrected chi connectivity index (χ4v) is 3.82. The number of ether oxygens (including phenoxy) is 1. The minimum absolute atomic E-state index is 0.0844. The van der Waals surface area contributed by atoms with Gasteiger partial charge in [0.05, 0.1) is 4.90 Å². The number of rotatable bonds is 3. The summed E-state index contributed by atoms with van der Waals surface area (Å²) in [7, 11) is -4.30. The fraction of sp³-hybridized carbons (Fsp3) is 0.562. The van der Waals surface area contributed by atoms with Gasteiger partial charge in [-0.15, -0.1) is 0 Å².